The van der Waals surface area contributed by atoms with Crippen molar-refractivity contribution in [2.24, 2.45) is 5.84 Å². The van der Waals surface area contributed by atoms with Crippen LogP contribution >= 0.6 is 0 Å². The normalized spacial score (nSPS) is 18.8. The minimum absolute atomic E-state index is 0.796. The summed E-state index contributed by atoms with van der Waals surface area (Å²) in [5.41, 5.74) is 0. The van der Waals surface area contributed by atoms with E-state index in [0.29, 0.717) is 0 Å². The zero-order valence-corrected chi connectivity index (χ0v) is 5.07. The third kappa shape index (κ3) is 2.23. The van der Waals surface area contributed by atoms with E-state index in [9.17, 15) is 0 Å². The Bertz CT molecular complexity index is 57.1. The number of nitrogens with zero attached hydrogens (tertiary/aromatic N) is 1. The number of hydrogen-bond acceptors (Lipinski definition) is 4. The summed E-state index contributed by atoms with van der Waals surface area (Å²) in [6, 6.07) is 0. The van der Waals surface area contributed by atoms with E-state index in [2.05, 4.69) is 0 Å². The van der Waals surface area contributed by atoms with Crippen molar-refractivity contribution in [2.75, 3.05) is 0 Å². The van der Waals surface area contributed by atoms with Crippen molar-refractivity contribution in [2.45, 2.75) is 26.3 Å². The molecule has 0 aromatic rings. The van der Waals surface area contributed by atoms with Crippen molar-refractivity contribution < 1.29 is 10.2 Å². The largest absolute Gasteiger partial charge is 0.377 e. The third-order valence-corrected chi connectivity index (χ3v) is 0.863. The minimum Gasteiger partial charge on any atom is -0.377 e. The van der Waals surface area contributed by atoms with Crippen LogP contribution in [0, 0.1) is 0 Å². The first-order valence-corrected chi connectivity index (χ1v) is 2.45. The summed E-state index contributed by atoms with van der Waals surface area (Å²) in [5, 5.41) is 18.2. The Kier molecular flexibility index (Phi) is 2.93. The van der Waals surface area contributed by atoms with Crippen LogP contribution in [-0.4, -0.2) is 27.7 Å². The van der Waals surface area contributed by atoms with Crippen LogP contribution in [0.2, 0.25) is 0 Å². The van der Waals surface area contributed by atoms with Gasteiger partial charge in [0.25, 0.3) is 0 Å². The molecule has 0 saturated carbocycles. The van der Waals surface area contributed by atoms with Gasteiger partial charge in [0, 0.05) is 0 Å². The topological polar surface area (TPSA) is 69.7 Å². The average Bonchev–Trinajstić information content (AvgIpc) is 1.64. The molecule has 0 rings (SSSR count). The molecule has 2 atom stereocenters. The monoisotopic (exact) mass is 120 g/mol. The second-order valence-electron chi connectivity index (χ2n) is 1.71. The number of rotatable bonds is 2. The molecule has 8 heavy (non-hydrogen) atoms. The Hall–Kier alpha value is -0.160. The summed E-state index contributed by atoms with van der Waals surface area (Å²) in [5.74, 6) is 5.09. The summed E-state index contributed by atoms with van der Waals surface area (Å²) in [6.07, 6.45) is -1.59. The Labute approximate surface area is 48.5 Å². The molecule has 0 aliphatic carbocycles. The summed E-state index contributed by atoms with van der Waals surface area (Å²) >= 11 is 0. The Morgan fingerprint density at radius 3 is 1.50 bits per heavy atom. The Balaban J connectivity index is 3.46. The first-order chi connectivity index (χ1) is 3.55. The number of hydrazine groups is 1. The average molecular weight is 120 g/mol. The number of aliphatic hydroxyl groups excluding tert-OH is 2. The summed E-state index contributed by atoms with van der Waals surface area (Å²) < 4.78 is 0. The molecule has 0 aromatic heterocycles. The minimum atomic E-state index is -0.796. The van der Waals surface area contributed by atoms with Crippen molar-refractivity contribution in [1.82, 2.24) is 5.01 Å². The molecule has 2 unspecified atom stereocenters. The molecule has 0 heterocycles. The lowest BCUT2D eigenvalue weighted by Crippen LogP contribution is -2.45. The lowest BCUT2D eigenvalue weighted by Gasteiger charge is -2.21. The maximum Gasteiger partial charge on any atom is 0.119 e. The predicted octanol–water partition coefficient (Wildman–Crippen LogP) is -1.16. The molecule has 0 amide bonds. The number of aliphatic hydroxyl groups is 2. The predicted molar refractivity (Wildman–Crippen MR) is 29.4 cm³/mol. The van der Waals surface area contributed by atoms with Crippen LogP contribution in [0.1, 0.15) is 13.8 Å². The van der Waals surface area contributed by atoms with Crippen LogP contribution < -0.4 is 5.84 Å². The highest BCUT2D eigenvalue weighted by molar-refractivity contribution is 4.45. The van der Waals surface area contributed by atoms with Gasteiger partial charge in [-0.05, 0) is 13.8 Å². The van der Waals surface area contributed by atoms with Gasteiger partial charge in [-0.25, -0.2) is 0 Å². The number of nitrogens with two attached hydrogens (primary N) is 1. The SMILES string of the molecule is CC(O)N(N)C(C)O. The van der Waals surface area contributed by atoms with E-state index in [0.717, 1.165) is 5.01 Å². The molecule has 0 spiro atoms. The summed E-state index contributed by atoms with van der Waals surface area (Å²) in [7, 11) is 0. The fourth-order valence-corrected chi connectivity index (χ4v) is 0.312. The maximum atomic E-state index is 8.63. The molecule has 0 fully saturated rings. The molecule has 50 valence electrons. The maximum absolute atomic E-state index is 8.63. The molecule has 0 bridgehead atoms. The van der Waals surface area contributed by atoms with Gasteiger partial charge in [0.15, 0.2) is 0 Å². The molecular weight excluding hydrogens is 108 g/mol. The summed E-state index contributed by atoms with van der Waals surface area (Å²) in [6.45, 7) is 2.96. The zero-order chi connectivity index (χ0) is 6.73. The van der Waals surface area contributed by atoms with E-state index in [4.69, 9.17) is 16.1 Å². The van der Waals surface area contributed by atoms with Crippen LogP contribution in [0.15, 0.2) is 0 Å². The highest BCUT2D eigenvalue weighted by Gasteiger charge is 2.09. The van der Waals surface area contributed by atoms with Gasteiger partial charge in [0.05, 0.1) is 0 Å². The Morgan fingerprint density at radius 1 is 1.25 bits per heavy atom. The van der Waals surface area contributed by atoms with E-state index in [1.807, 2.05) is 0 Å². The Morgan fingerprint density at radius 2 is 1.50 bits per heavy atom. The van der Waals surface area contributed by atoms with Gasteiger partial charge in [-0.3, -0.25) is 5.84 Å². The molecule has 0 aromatic carbocycles. The zero-order valence-electron chi connectivity index (χ0n) is 5.07. The fourth-order valence-electron chi connectivity index (χ4n) is 0.312. The quantitative estimate of drug-likeness (QED) is 0.244. The van der Waals surface area contributed by atoms with Crippen LogP contribution in [-0.2, 0) is 0 Å². The molecule has 4 heteroatoms. The second-order valence-corrected chi connectivity index (χ2v) is 1.71. The first-order valence-electron chi connectivity index (χ1n) is 2.45. The van der Waals surface area contributed by atoms with E-state index < -0.39 is 12.5 Å². The van der Waals surface area contributed by atoms with Gasteiger partial charge in [-0.15, -0.1) is 0 Å². The second kappa shape index (κ2) is 2.99. The lowest BCUT2D eigenvalue weighted by atomic mass is 10.5. The van der Waals surface area contributed by atoms with Crippen LogP contribution in [0.25, 0.3) is 0 Å². The molecule has 4 nitrogen and oxygen atoms in total. The van der Waals surface area contributed by atoms with Crippen molar-refractivity contribution >= 4 is 0 Å². The van der Waals surface area contributed by atoms with Gasteiger partial charge < -0.3 is 10.2 Å². The van der Waals surface area contributed by atoms with E-state index in [-0.39, 0.29) is 0 Å². The highest BCUT2D eigenvalue weighted by Crippen LogP contribution is 1.90. The van der Waals surface area contributed by atoms with Gasteiger partial charge in [0.1, 0.15) is 12.5 Å². The van der Waals surface area contributed by atoms with Crippen molar-refractivity contribution in [3.05, 3.63) is 0 Å². The lowest BCUT2D eigenvalue weighted by molar-refractivity contribution is -0.0854. The third-order valence-electron chi connectivity index (χ3n) is 0.863. The molecule has 0 radical (unpaired) electrons. The molecular formula is C4H12N2O2. The van der Waals surface area contributed by atoms with Crippen molar-refractivity contribution in [1.29, 1.82) is 0 Å². The fraction of sp³-hybridized carbons (Fsp3) is 1.00. The first kappa shape index (κ1) is 7.84. The van der Waals surface area contributed by atoms with Gasteiger partial charge in [-0.2, -0.15) is 5.01 Å². The highest BCUT2D eigenvalue weighted by atomic mass is 16.3. The van der Waals surface area contributed by atoms with Crippen molar-refractivity contribution in [3.8, 4) is 0 Å². The van der Waals surface area contributed by atoms with E-state index in [1.165, 1.54) is 13.8 Å². The summed E-state index contributed by atoms with van der Waals surface area (Å²) in [4.78, 5) is 0. The molecule has 0 aliphatic heterocycles. The standard InChI is InChI=1S/C4H12N2O2/c1-3(7)6(5)4(2)8/h3-4,7-8H,5H2,1-2H3. The molecule has 0 saturated heterocycles. The molecule has 0 aliphatic rings. The van der Waals surface area contributed by atoms with Crippen LogP contribution in [0.5, 0.6) is 0 Å². The van der Waals surface area contributed by atoms with Gasteiger partial charge in [-0.1, -0.05) is 0 Å². The van der Waals surface area contributed by atoms with Gasteiger partial charge in [0.2, 0.25) is 0 Å². The van der Waals surface area contributed by atoms with E-state index in [1.54, 1.807) is 0 Å². The van der Waals surface area contributed by atoms with E-state index >= 15 is 0 Å². The van der Waals surface area contributed by atoms with Gasteiger partial charge >= 0.3 is 0 Å². The van der Waals surface area contributed by atoms with Crippen molar-refractivity contribution in [3.63, 3.8) is 0 Å². The van der Waals surface area contributed by atoms with Crippen LogP contribution in [0.3, 0.4) is 0 Å². The smallest absolute Gasteiger partial charge is 0.119 e. The molecule has 4 N–H and O–H groups in total. The number of hydrogen-bond donors (Lipinski definition) is 3. The van der Waals surface area contributed by atoms with Crippen LogP contribution in [0.4, 0.5) is 0 Å².